The Morgan fingerprint density at radius 3 is 2.63 bits per heavy atom. The van der Waals surface area contributed by atoms with Crippen LogP contribution in [0.4, 0.5) is 24.8 Å². The van der Waals surface area contributed by atoms with Crippen molar-refractivity contribution in [2.75, 3.05) is 10.6 Å². The number of hydrogen-bond donors (Lipinski definition) is 1. The van der Waals surface area contributed by atoms with Crippen molar-refractivity contribution in [1.82, 2.24) is 9.97 Å². The minimum atomic E-state index is -4.57. The van der Waals surface area contributed by atoms with Gasteiger partial charge < -0.3 is 10.6 Å². The van der Waals surface area contributed by atoms with Crippen molar-refractivity contribution >= 4 is 11.6 Å². The summed E-state index contributed by atoms with van der Waals surface area (Å²) in [5.41, 5.74) is 5.48. The van der Waals surface area contributed by atoms with E-state index in [1.54, 1.807) is 0 Å². The monoisotopic (exact) mass is 274 g/mol. The predicted molar refractivity (Wildman–Crippen MR) is 66.7 cm³/mol. The lowest BCUT2D eigenvalue weighted by Crippen LogP contribution is -2.35. The largest absolute Gasteiger partial charge is 0.451 e. The Hall–Kier alpha value is -1.53. The fourth-order valence-electron chi connectivity index (χ4n) is 2.60. The van der Waals surface area contributed by atoms with Crippen LogP contribution in [0.5, 0.6) is 0 Å². The molecule has 1 aliphatic rings. The minimum absolute atomic E-state index is 0.147. The second kappa shape index (κ2) is 4.86. The van der Waals surface area contributed by atoms with Gasteiger partial charge in [0, 0.05) is 18.2 Å². The summed E-state index contributed by atoms with van der Waals surface area (Å²) in [6.45, 7) is 4.01. The van der Waals surface area contributed by atoms with Gasteiger partial charge in [-0.2, -0.15) is 13.2 Å². The second-order valence-electron chi connectivity index (χ2n) is 4.87. The Kier molecular flexibility index (Phi) is 3.56. The van der Waals surface area contributed by atoms with Crippen LogP contribution in [0.2, 0.25) is 0 Å². The van der Waals surface area contributed by atoms with Gasteiger partial charge in [-0.3, -0.25) is 0 Å². The van der Waals surface area contributed by atoms with Gasteiger partial charge in [-0.1, -0.05) is 6.92 Å². The third-order valence-corrected chi connectivity index (χ3v) is 3.51. The van der Waals surface area contributed by atoms with E-state index >= 15 is 0 Å². The molecule has 1 aromatic rings. The smallest absolute Gasteiger partial charge is 0.384 e. The summed E-state index contributed by atoms with van der Waals surface area (Å²) in [7, 11) is 0. The Labute approximate surface area is 109 Å². The molecule has 1 fully saturated rings. The Morgan fingerprint density at radius 2 is 2.05 bits per heavy atom. The summed E-state index contributed by atoms with van der Waals surface area (Å²) < 4.78 is 38.1. The molecule has 2 atom stereocenters. The number of anilines is 2. The fraction of sp³-hybridized carbons (Fsp3) is 0.667. The summed E-state index contributed by atoms with van der Waals surface area (Å²) in [5.74, 6) is -1.04. The summed E-state index contributed by atoms with van der Waals surface area (Å²) >= 11 is 0. The molecule has 2 unspecified atom stereocenters. The van der Waals surface area contributed by atoms with E-state index in [1.165, 1.54) is 6.07 Å². The highest BCUT2D eigenvalue weighted by Crippen LogP contribution is 2.34. The lowest BCUT2D eigenvalue weighted by molar-refractivity contribution is -0.144. The molecule has 1 aliphatic heterocycles. The first-order valence-corrected chi connectivity index (χ1v) is 6.33. The van der Waals surface area contributed by atoms with E-state index < -0.39 is 12.0 Å². The van der Waals surface area contributed by atoms with Crippen LogP contribution in [0.1, 0.15) is 38.9 Å². The fourth-order valence-corrected chi connectivity index (χ4v) is 2.60. The molecule has 7 heteroatoms. The van der Waals surface area contributed by atoms with E-state index in [4.69, 9.17) is 5.73 Å². The third kappa shape index (κ3) is 2.74. The molecule has 0 aromatic carbocycles. The number of alkyl halides is 3. The summed E-state index contributed by atoms with van der Waals surface area (Å²) in [6, 6.07) is 1.80. The van der Waals surface area contributed by atoms with Gasteiger partial charge in [0.1, 0.15) is 11.6 Å². The normalized spacial score (nSPS) is 23.9. The first-order valence-electron chi connectivity index (χ1n) is 6.33. The zero-order valence-corrected chi connectivity index (χ0v) is 10.9. The lowest BCUT2D eigenvalue weighted by atomic mass is 10.1. The topological polar surface area (TPSA) is 55.0 Å². The van der Waals surface area contributed by atoms with Crippen LogP contribution >= 0.6 is 0 Å². The summed E-state index contributed by atoms with van der Waals surface area (Å²) in [5, 5.41) is 0. The Balaban J connectivity index is 2.42. The molecule has 0 saturated carbocycles. The van der Waals surface area contributed by atoms with Crippen LogP contribution in [-0.2, 0) is 6.18 Å². The number of nitrogens with two attached hydrogens (primary N) is 1. The molecule has 1 aromatic heterocycles. The molecule has 106 valence electrons. The van der Waals surface area contributed by atoms with Crippen molar-refractivity contribution in [3.63, 3.8) is 0 Å². The number of nitrogens with zero attached hydrogens (tertiary/aromatic N) is 3. The van der Waals surface area contributed by atoms with Crippen LogP contribution in [0.15, 0.2) is 6.07 Å². The van der Waals surface area contributed by atoms with Gasteiger partial charge in [0.05, 0.1) is 0 Å². The second-order valence-corrected chi connectivity index (χ2v) is 4.87. The van der Waals surface area contributed by atoms with E-state index in [-0.39, 0.29) is 23.7 Å². The number of nitrogen functional groups attached to an aromatic ring is 1. The molecule has 0 aliphatic carbocycles. The molecule has 2 N–H and O–H groups in total. The standard InChI is InChI=1S/C12H17F3N4/c1-3-8-5-4-7(2)19(8)10-6-9(16)17-11(18-10)12(13,14)15/h6-8H,3-5H2,1-2H3,(H2,16,17,18). The average Bonchev–Trinajstić information content (AvgIpc) is 2.68. The number of rotatable bonds is 2. The lowest BCUT2D eigenvalue weighted by Gasteiger charge is -2.29. The van der Waals surface area contributed by atoms with Crippen molar-refractivity contribution in [2.45, 2.75) is 51.4 Å². The average molecular weight is 274 g/mol. The van der Waals surface area contributed by atoms with Gasteiger partial charge in [-0.25, -0.2) is 9.97 Å². The zero-order chi connectivity index (χ0) is 14.2. The molecular formula is C12H17F3N4. The molecular weight excluding hydrogens is 257 g/mol. The van der Waals surface area contributed by atoms with Gasteiger partial charge in [0.15, 0.2) is 0 Å². The molecule has 4 nitrogen and oxygen atoms in total. The molecule has 2 heterocycles. The van der Waals surface area contributed by atoms with Crippen molar-refractivity contribution in [2.24, 2.45) is 0 Å². The number of halogens is 3. The van der Waals surface area contributed by atoms with Crippen LogP contribution in [0, 0.1) is 0 Å². The zero-order valence-electron chi connectivity index (χ0n) is 10.9. The number of aromatic nitrogens is 2. The SMILES string of the molecule is CCC1CCC(C)N1c1cc(N)nc(C(F)(F)F)n1. The maximum Gasteiger partial charge on any atom is 0.451 e. The highest BCUT2D eigenvalue weighted by atomic mass is 19.4. The highest BCUT2D eigenvalue weighted by Gasteiger charge is 2.37. The van der Waals surface area contributed by atoms with E-state index in [0.717, 1.165) is 19.3 Å². The third-order valence-electron chi connectivity index (χ3n) is 3.51. The molecule has 0 bridgehead atoms. The molecule has 2 rings (SSSR count). The predicted octanol–water partition coefficient (Wildman–Crippen LogP) is 2.84. The maximum atomic E-state index is 12.7. The van der Waals surface area contributed by atoms with Crippen molar-refractivity contribution in [1.29, 1.82) is 0 Å². The van der Waals surface area contributed by atoms with E-state index in [0.29, 0.717) is 0 Å². The minimum Gasteiger partial charge on any atom is -0.384 e. The maximum absolute atomic E-state index is 12.7. The summed E-state index contributed by atoms with van der Waals surface area (Å²) in [6.07, 6.45) is -1.79. The van der Waals surface area contributed by atoms with Gasteiger partial charge in [0.2, 0.25) is 5.82 Å². The van der Waals surface area contributed by atoms with Gasteiger partial charge in [-0.15, -0.1) is 0 Å². The van der Waals surface area contributed by atoms with Crippen molar-refractivity contribution < 1.29 is 13.2 Å². The number of hydrogen-bond acceptors (Lipinski definition) is 4. The Bertz CT molecular complexity index is 461. The van der Waals surface area contributed by atoms with Crippen LogP contribution < -0.4 is 10.6 Å². The van der Waals surface area contributed by atoms with Gasteiger partial charge in [-0.05, 0) is 26.2 Å². The molecule has 0 radical (unpaired) electrons. The Morgan fingerprint density at radius 1 is 1.37 bits per heavy atom. The van der Waals surface area contributed by atoms with Crippen LogP contribution in [-0.4, -0.2) is 22.1 Å². The van der Waals surface area contributed by atoms with Gasteiger partial charge in [0.25, 0.3) is 0 Å². The molecule has 1 saturated heterocycles. The van der Waals surface area contributed by atoms with Crippen molar-refractivity contribution in [3.05, 3.63) is 11.9 Å². The van der Waals surface area contributed by atoms with Crippen LogP contribution in [0.3, 0.4) is 0 Å². The molecule has 19 heavy (non-hydrogen) atoms. The van der Waals surface area contributed by atoms with E-state index in [9.17, 15) is 13.2 Å². The van der Waals surface area contributed by atoms with E-state index in [2.05, 4.69) is 9.97 Å². The van der Waals surface area contributed by atoms with Gasteiger partial charge >= 0.3 is 6.18 Å². The molecule has 0 amide bonds. The quantitative estimate of drug-likeness (QED) is 0.901. The van der Waals surface area contributed by atoms with Crippen LogP contribution in [0.25, 0.3) is 0 Å². The summed E-state index contributed by atoms with van der Waals surface area (Å²) in [4.78, 5) is 8.84. The first-order chi connectivity index (χ1) is 8.82. The molecule has 0 spiro atoms. The highest BCUT2D eigenvalue weighted by molar-refractivity contribution is 5.49. The van der Waals surface area contributed by atoms with E-state index in [1.807, 2.05) is 18.7 Å². The first kappa shape index (κ1) is 13.9. The van der Waals surface area contributed by atoms with Crippen molar-refractivity contribution in [3.8, 4) is 0 Å².